The van der Waals surface area contributed by atoms with Gasteiger partial charge in [0.15, 0.2) is 0 Å². The van der Waals surface area contributed by atoms with Gasteiger partial charge in [0.1, 0.15) is 17.5 Å². The zero-order valence-corrected chi connectivity index (χ0v) is 11.0. The van der Waals surface area contributed by atoms with E-state index in [9.17, 15) is 13.2 Å². The highest BCUT2D eigenvalue weighted by Crippen LogP contribution is 2.22. The molecule has 0 amide bonds. The van der Waals surface area contributed by atoms with Crippen molar-refractivity contribution in [3.05, 3.63) is 70.5 Å². The van der Waals surface area contributed by atoms with E-state index in [0.717, 1.165) is 17.2 Å². The minimum atomic E-state index is -0.633. The van der Waals surface area contributed by atoms with Crippen molar-refractivity contribution in [3.8, 4) is 0 Å². The van der Waals surface area contributed by atoms with E-state index in [2.05, 4.69) is 5.43 Å². The van der Waals surface area contributed by atoms with E-state index in [1.807, 2.05) is 0 Å². The summed E-state index contributed by atoms with van der Waals surface area (Å²) in [6, 6.07) is 7.32. The van der Waals surface area contributed by atoms with Gasteiger partial charge in [-0.15, -0.1) is 0 Å². The Bertz CT molecular complexity index is 594. The molecule has 0 fully saturated rings. The number of hydrazine groups is 1. The summed E-state index contributed by atoms with van der Waals surface area (Å²) in [5.74, 6) is 3.90. The first kappa shape index (κ1) is 14.6. The lowest BCUT2D eigenvalue weighted by Gasteiger charge is -2.19. The fourth-order valence-electron chi connectivity index (χ4n) is 2.25. The van der Waals surface area contributed by atoms with Crippen LogP contribution in [-0.4, -0.2) is 0 Å². The third kappa shape index (κ3) is 3.37. The van der Waals surface area contributed by atoms with Crippen LogP contribution >= 0.6 is 0 Å². The molecule has 0 aromatic heterocycles. The van der Waals surface area contributed by atoms with Gasteiger partial charge in [-0.25, -0.2) is 13.2 Å². The third-order valence-electron chi connectivity index (χ3n) is 3.17. The Morgan fingerprint density at radius 1 is 1.00 bits per heavy atom. The largest absolute Gasteiger partial charge is 0.271 e. The first-order valence-electron chi connectivity index (χ1n) is 6.16. The topological polar surface area (TPSA) is 38.0 Å². The first-order valence-corrected chi connectivity index (χ1v) is 6.16. The van der Waals surface area contributed by atoms with Crippen LogP contribution in [0.4, 0.5) is 13.2 Å². The molecule has 0 radical (unpaired) electrons. The Balaban J connectivity index is 2.28. The van der Waals surface area contributed by atoms with Gasteiger partial charge in [0.2, 0.25) is 0 Å². The predicted octanol–water partition coefficient (Wildman–Crippen LogP) is 3.16. The average Bonchev–Trinajstić information content (AvgIpc) is 2.35. The van der Waals surface area contributed by atoms with Crippen molar-refractivity contribution in [2.75, 3.05) is 0 Å². The lowest BCUT2D eigenvalue weighted by Crippen LogP contribution is -2.30. The van der Waals surface area contributed by atoms with Crippen LogP contribution in [-0.2, 0) is 6.42 Å². The summed E-state index contributed by atoms with van der Waals surface area (Å²) in [5.41, 5.74) is 4.60. The van der Waals surface area contributed by atoms with Crippen LogP contribution < -0.4 is 11.3 Å². The molecule has 1 unspecified atom stereocenters. The molecular weight excluding hydrogens is 265 g/mol. The van der Waals surface area contributed by atoms with Crippen molar-refractivity contribution < 1.29 is 13.2 Å². The maximum absolute atomic E-state index is 13.2. The Labute approximate surface area is 115 Å². The van der Waals surface area contributed by atoms with Gasteiger partial charge >= 0.3 is 0 Å². The maximum Gasteiger partial charge on any atom is 0.126 e. The maximum atomic E-state index is 13.2. The molecule has 2 aromatic rings. The standard InChI is InChI=1S/C15H15F3N2/c1-9-4-11(16)2-3-14(9)15(20-19)7-10-5-12(17)8-13(18)6-10/h2-6,8,15,20H,7,19H2,1H3. The summed E-state index contributed by atoms with van der Waals surface area (Å²) in [6.45, 7) is 1.76. The molecule has 0 bridgehead atoms. The molecule has 2 rings (SSSR count). The SMILES string of the molecule is Cc1cc(F)ccc1C(Cc1cc(F)cc(F)c1)NN. The molecule has 3 N–H and O–H groups in total. The molecule has 2 nitrogen and oxygen atoms in total. The molecule has 0 aliphatic carbocycles. The van der Waals surface area contributed by atoms with E-state index in [0.29, 0.717) is 12.0 Å². The van der Waals surface area contributed by atoms with Crippen molar-refractivity contribution >= 4 is 0 Å². The molecule has 2 aromatic carbocycles. The summed E-state index contributed by atoms with van der Waals surface area (Å²) in [6.07, 6.45) is 0.303. The number of nitrogens with two attached hydrogens (primary N) is 1. The van der Waals surface area contributed by atoms with Crippen LogP contribution in [0.5, 0.6) is 0 Å². The van der Waals surface area contributed by atoms with E-state index in [-0.39, 0.29) is 11.9 Å². The van der Waals surface area contributed by atoms with Gasteiger partial charge in [0, 0.05) is 6.07 Å². The van der Waals surface area contributed by atoms with E-state index < -0.39 is 11.6 Å². The Hall–Kier alpha value is -1.85. The van der Waals surface area contributed by atoms with Crippen molar-refractivity contribution in [2.24, 2.45) is 5.84 Å². The fraction of sp³-hybridized carbons (Fsp3) is 0.200. The Morgan fingerprint density at radius 3 is 2.20 bits per heavy atom. The molecule has 106 valence electrons. The smallest absolute Gasteiger partial charge is 0.126 e. The van der Waals surface area contributed by atoms with Gasteiger partial charge in [0.05, 0.1) is 6.04 Å². The lowest BCUT2D eigenvalue weighted by molar-refractivity contribution is 0.536. The Kier molecular flexibility index (Phi) is 4.42. The fourth-order valence-corrected chi connectivity index (χ4v) is 2.25. The van der Waals surface area contributed by atoms with Gasteiger partial charge in [0.25, 0.3) is 0 Å². The lowest BCUT2D eigenvalue weighted by atomic mass is 9.95. The van der Waals surface area contributed by atoms with Gasteiger partial charge in [-0.05, 0) is 54.3 Å². The van der Waals surface area contributed by atoms with Crippen LogP contribution in [0.1, 0.15) is 22.7 Å². The summed E-state index contributed by atoms with van der Waals surface area (Å²) < 4.78 is 39.4. The van der Waals surface area contributed by atoms with Gasteiger partial charge in [-0.2, -0.15) is 0 Å². The third-order valence-corrected chi connectivity index (χ3v) is 3.17. The van der Waals surface area contributed by atoms with E-state index in [1.165, 1.54) is 24.3 Å². The number of hydrogen-bond donors (Lipinski definition) is 2. The molecule has 0 aliphatic rings. The summed E-state index contributed by atoms with van der Waals surface area (Å²) in [4.78, 5) is 0. The quantitative estimate of drug-likeness (QED) is 0.667. The highest BCUT2D eigenvalue weighted by molar-refractivity contribution is 5.31. The number of halogens is 3. The molecule has 20 heavy (non-hydrogen) atoms. The summed E-state index contributed by atoms with van der Waals surface area (Å²) in [5, 5.41) is 0. The van der Waals surface area contributed by atoms with Crippen LogP contribution in [0.3, 0.4) is 0 Å². The number of aryl methyl sites for hydroxylation is 1. The van der Waals surface area contributed by atoms with Crippen LogP contribution in [0.25, 0.3) is 0 Å². The monoisotopic (exact) mass is 280 g/mol. The zero-order chi connectivity index (χ0) is 14.7. The van der Waals surface area contributed by atoms with Crippen molar-refractivity contribution in [1.82, 2.24) is 5.43 Å². The molecule has 0 saturated heterocycles. The Morgan fingerprint density at radius 2 is 1.65 bits per heavy atom. The summed E-state index contributed by atoms with van der Waals surface area (Å²) >= 11 is 0. The van der Waals surface area contributed by atoms with Crippen molar-refractivity contribution in [3.63, 3.8) is 0 Å². The van der Waals surface area contributed by atoms with E-state index in [4.69, 9.17) is 5.84 Å². The second kappa shape index (κ2) is 6.07. The van der Waals surface area contributed by atoms with Crippen LogP contribution in [0.15, 0.2) is 36.4 Å². The van der Waals surface area contributed by atoms with E-state index >= 15 is 0 Å². The van der Waals surface area contributed by atoms with Gasteiger partial charge in [-0.3, -0.25) is 11.3 Å². The highest BCUT2D eigenvalue weighted by atomic mass is 19.1. The van der Waals surface area contributed by atoms with Gasteiger partial charge in [-0.1, -0.05) is 6.07 Å². The number of benzene rings is 2. The number of rotatable bonds is 4. The molecule has 1 atom stereocenters. The van der Waals surface area contributed by atoms with E-state index in [1.54, 1.807) is 13.0 Å². The molecule has 0 spiro atoms. The van der Waals surface area contributed by atoms with Crippen molar-refractivity contribution in [1.29, 1.82) is 0 Å². The molecular formula is C15H15F3N2. The normalized spacial score (nSPS) is 12.4. The second-order valence-corrected chi connectivity index (χ2v) is 4.70. The first-order chi connectivity index (χ1) is 9.49. The molecule has 0 aliphatic heterocycles. The summed E-state index contributed by atoms with van der Waals surface area (Å²) in [7, 11) is 0. The van der Waals surface area contributed by atoms with Crippen molar-refractivity contribution in [2.45, 2.75) is 19.4 Å². The minimum Gasteiger partial charge on any atom is -0.271 e. The van der Waals surface area contributed by atoms with Gasteiger partial charge < -0.3 is 0 Å². The average molecular weight is 280 g/mol. The number of hydrogen-bond acceptors (Lipinski definition) is 2. The number of nitrogens with one attached hydrogen (secondary N) is 1. The second-order valence-electron chi connectivity index (χ2n) is 4.70. The zero-order valence-electron chi connectivity index (χ0n) is 11.0. The molecule has 0 saturated carbocycles. The van der Waals surface area contributed by atoms with Crippen LogP contribution in [0, 0.1) is 24.4 Å². The minimum absolute atomic E-state index is 0.303. The predicted molar refractivity (Wildman–Crippen MR) is 71.3 cm³/mol. The molecule has 0 heterocycles. The molecule has 5 heteroatoms. The van der Waals surface area contributed by atoms with Crippen LogP contribution in [0.2, 0.25) is 0 Å². The highest BCUT2D eigenvalue weighted by Gasteiger charge is 2.14.